The van der Waals surface area contributed by atoms with Crippen molar-refractivity contribution < 1.29 is 32.6 Å². The number of hydrogen-bond donors (Lipinski definition) is 3. The molecule has 238 valence electrons. The molecule has 1 aliphatic heterocycles. The Balaban J connectivity index is 0.000000515. The molecular formula is C29H32F3N9O4. The summed E-state index contributed by atoms with van der Waals surface area (Å²) in [5.41, 5.74) is 3.97. The van der Waals surface area contributed by atoms with E-state index in [2.05, 4.69) is 36.2 Å². The summed E-state index contributed by atoms with van der Waals surface area (Å²) in [5.74, 6) is -2.32. The van der Waals surface area contributed by atoms with Crippen LogP contribution in [0.1, 0.15) is 48.5 Å². The third-order valence-corrected chi connectivity index (χ3v) is 7.37. The SMILES string of the molecule is O=C(Nc1ccc(N2CCOCC2)cc1)c1cccc(-n2cc(Nc3nnnn3C3CCCCC3)cn2)c1.O=C(O)C(F)(F)F. The molecule has 0 spiro atoms. The van der Waals surface area contributed by atoms with Crippen LogP contribution in [0.3, 0.4) is 0 Å². The van der Waals surface area contributed by atoms with Gasteiger partial charge in [-0.1, -0.05) is 30.4 Å². The number of carboxylic acids is 1. The Kier molecular flexibility index (Phi) is 9.92. The number of morpholine rings is 1. The minimum Gasteiger partial charge on any atom is -0.475 e. The second kappa shape index (κ2) is 14.2. The van der Waals surface area contributed by atoms with Crippen molar-refractivity contribution in [3.8, 4) is 5.69 Å². The van der Waals surface area contributed by atoms with E-state index in [4.69, 9.17) is 14.6 Å². The van der Waals surface area contributed by atoms with E-state index in [1.165, 1.54) is 19.3 Å². The Labute approximate surface area is 256 Å². The highest BCUT2D eigenvalue weighted by atomic mass is 19.4. The second-order valence-electron chi connectivity index (χ2n) is 10.5. The summed E-state index contributed by atoms with van der Waals surface area (Å²) >= 11 is 0. The van der Waals surface area contributed by atoms with Gasteiger partial charge >= 0.3 is 12.1 Å². The first kappa shape index (κ1) is 31.4. The molecule has 2 aromatic heterocycles. The number of alkyl halides is 3. The molecule has 1 saturated carbocycles. The highest BCUT2D eigenvalue weighted by Gasteiger charge is 2.38. The smallest absolute Gasteiger partial charge is 0.475 e. The predicted molar refractivity (Wildman–Crippen MR) is 158 cm³/mol. The molecule has 6 rings (SSSR count). The molecule has 3 N–H and O–H groups in total. The van der Waals surface area contributed by atoms with Gasteiger partial charge in [0.15, 0.2) is 0 Å². The van der Waals surface area contributed by atoms with Crippen molar-refractivity contribution in [2.75, 3.05) is 41.8 Å². The molecule has 45 heavy (non-hydrogen) atoms. The number of benzene rings is 2. The molecule has 16 heteroatoms. The van der Waals surface area contributed by atoms with Crippen LogP contribution >= 0.6 is 0 Å². The largest absolute Gasteiger partial charge is 0.490 e. The van der Waals surface area contributed by atoms with E-state index < -0.39 is 12.1 Å². The van der Waals surface area contributed by atoms with Crippen molar-refractivity contribution in [1.29, 1.82) is 0 Å². The van der Waals surface area contributed by atoms with Gasteiger partial charge in [-0.2, -0.15) is 18.3 Å². The van der Waals surface area contributed by atoms with Crippen LogP contribution < -0.4 is 15.5 Å². The van der Waals surface area contributed by atoms with Crippen molar-refractivity contribution in [2.24, 2.45) is 0 Å². The topological polar surface area (TPSA) is 152 Å². The van der Waals surface area contributed by atoms with Crippen LogP contribution in [0.2, 0.25) is 0 Å². The zero-order valence-electron chi connectivity index (χ0n) is 24.2. The van der Waals surface area contributed by atoms with Gasteiger partial charge in [0.25, 0.3) is 5.91 Å². The Bertz CT molecular complexity index is 1580. The number of halogens is 3. The Hall–Kier alpha value is -4.99. The van der Waals surface area contributed by atoms with E-state index >= 15 is 0 Å². The summed E-state index contributed by atoms with van der Waals surface area (Å²) in [6, 6.07) is 15.6. The fraction of sp³-hybridized carbons (Fsp3) is 0.379. The standard InChI is InChI=1S/C27H31N9O2.C2HF3O2/c37-26(29-21-9-11-23(12-10-21)34-13-15-38-16-14-34)20-5-4-8-25(17-20)35-19-22(18-28-35)30-27-31-32-33-36(27)24-6-2-1-3-7-24;3-2(4,5)1(6)7/h4-5,8-12,17-19,24H,1-3,6-7,13-16H2,(H,29,37)(H,30,31,33);(H,6,7). The molecule has 1 saturated heterocycles. The van der Waals surface area contributed by atoms with E-state index in [1.54, 1.807) is 16.9 Å². The Morgan fingerprint density at radius 2 is 1.67 bits per heavy atom. The fourth-order valence-corrected chi connectivity index (χ4v) is 5.08. The number of nitrogens with zero attached hydrogens (tertiary/aromatic N) is 7. The van der Waals surface area contributed by atoms with Gasteiger partial charge in [0.05, 0.1) is 43.0 Å². The maximum Gasteiger partial charge on any atom is 0.490 e. The third kappa shape index (κ3) is 8.35. The van der Waals surface area contributed by atoms with Crippen LogP contribution in [0.5, 0.6) is 0 Å². The number of tetrazole rings is 1. The van der Waals surface area contributed by atoms with Gasteiger partial charge in [-0.3, -0.25) is 4.79 Å². The Morgan fingerprint density at radius 3 is 2.36 bits per heavy atom. The number of amides is 1. The zero-order valence-corrected chi connectivity index (χ0v) is 24.2. The van der Waals surface area contributed by atoms with E-state index in [1.807, 2.05) is 53.3 Å². The van der Waals surface area contributed by atoms with Gasteiger partial charge in [0.1, 0.15) is 0 Å². The second-order valence-corrected chi connectivity index (χ2v) is 10.5. The number of hydrogen-bond acceptors (Lipinski definition) is 9. The van der Waals surface area contributed by atoms with Crippen LogP contribution in [-0.4, -0.2) is 79.5 Å². The first-order valence-corrected chi connectivity index (χ1v) is 14.4. The number of ether oxygens (including phenoxy) is 1. The molecule has 1 amide bonds. The summed E-state index contributed by atoms with van der Waals surface area (Å²) < 4.78 is 40.8. The number of aliphatic carboxylic acids is 1. The lowest BCUT2D eigenvalue weighted by molar-refractivity contribution is -0.192. The van der Waals surface area contributed by atoms with Gasteiger partial charge in [-0.25, -0.2) is 14.2 Å². The van der Waals surface area contributed by atoms with Gasteiger partial charge in [0, 0.05) is 30.0 Å². The maximum absolute atomic E-state index is 13.0. The van der Waals surface area contributed by atoms with E-state index in [0.717, 1.165) is 61.9 Å². The number of rotatable bonds is 7. The molecule has 0 atom stereocenters. The van der Waals surface area contributed by atoms with Crippen LogP contribution in [0.15, 0.2) is 60.9 Å². The minimum atomic E-state index is -5.08. The average Bonchev–Trinajstić information content (AvgIpc) is 3.72. The molecule has 4 aromatic rings. The van der Waals surface area contributed by atoms with Crippen LogP contribution in [0.25, 0.3) is 5.69 Å². The Morgan fingerprint density at radius 1 is 0.956 bits per heavy atom. The first-order chi connectivity index (χ1) is 21.7. The molecule has 0 unspecified atom stereocenters. The third-order valence-electron chi connectivity index (χ3n) is 7.37. The van der Waals surface area contributed by atoms with Crippen LogP contribution in [0.4, 0.5) is 36.2 Å². The van der Waals surface area contributed by atoms with Crippen molar-refractivity contribution in [1.82, 2.24) is 30.0 Å². The molecule has 3 heterocycles. The summed E-state index contributed by atoms with van der Waals surface area (Å²) in [7, 11) is 0. The summed E-state index contributed by atoms with van der Waals surface area (Å²) in [4.78, 5) is 24.2. The number of carbonyl (C=O) groups is 2. The highest BCUT2D eigenvalue weighted by Crippen LogP contribution is 2.30. The number of nitrogens with one attached hydrogen (secondary N) is 2. The van der Waals surface area contributed by atoms with Crippen molar-refractivity contribution >= 4 is 34.9 Å². The summed E-state index contributed by atoms with van der Waals surface area (Å²) in [6.07, 6.45) is 4.35. The lowest BCUT2D eigenvalue weighted by atomic mass is 9.96. The molecule has 2 fully saturated rings. The highest BCUT2D eigenvalue weighted by molar-refractivity contribution is 6.04. The van der Waals surface area contributed by atoms with Crippen molar-refractivity contribution in [2.45, 2.75) is 44.3 Å². The molecule has 2 aliphatic rings. The quantitative estimate of drug-likeness (QED) is 0.260. The average molecular weight is 628 g/mol. The predicted octanol–water partition coefficient (Wildman–Crippen LogP) is 4.83. The van der Waals surface area contributed by atoms with E-state index in [-0.39, 0.29) is 5.91 Å². The van der Waals surface area contributed by atoms with Gasteiger partial charge in [0.2, 0.25) is 5.95 Å². The summed E-state index contributed by atoms with van der Waals surface area (Å²) in [5, 5.41) is 30.1. The van der Waals surface area contributed by atoms with Crippen LogP contribution in [-0.2, 0) is 9.53 Å². The van der Waals surface area contributed by atoms with E-state index in [0.29, 0.717) is 17.6 Å². The minimum absolute atomic E-state index is 0.178. The fourth-order valence-electron chi connectivity index (χ4n) is 5.08. The van der Waals surface area contributed by atoms with Gasteiger partial charge in [-0.15, -0.1) is 0 Å². The molecule has 1 aliphatic carbocycles. The molecule has 0 radical (unpaired) electrons. The molecular weight excluding hydrogens is 595 g/mol. The number of carbonyl (C=O) groups excluding carboxylic acids is 1. The monoisotopic (exact) mass is 627 g/mol. The normalized spacial score (nSPS) is 15.6. The lowest BCUT2D eigenvalue weighted by Gasteiger charge is -2.28. The zero-order chi connectivity index (χ0) is 31.8. The van der Waals surface area contributed by atoms with Gasteiger partial charge in [-0.05, 0) is 65.7 Å². The number of carboxylic acid groups (broad SMARTS) is 1. The number of anilines is 4. The molecule has 13 nitrogen and oxygen atoms in total. The maximum atomic E-state index is 13.0. The molecule has 0 bridgehead atoms. The number of aromatic nitrogens is 6. The van der Waals surface area contributed by atoms with Gasteiger partial charge < -0.3 is 25.4 Å². The first-order valence-electron chi connectivity index (χ1n) is 14.4. The lowest BCUT2D eigenvalue weighted by Crippen LogP contribution is -2.36. The van der Waals surface area contributed by atoms with Crippen molar-refractivity contribution in [3.05, 3.63) is 66.5 Å². The molecule has 2 aromatic carbocycles. The summed E-state index contributed by atoms with van der Waals surface area (Å²) in [6.45, 7) is 3.23. The van der Waals surface area contributed by atoms with Crippen LogP contribution in [0, 0.1) is 0 Å². The van der Waals surface area contributed by atoms with Crippen molar-refractivity contribution in [3.63, 3.8) is 0 Å². The van der Waals surface area contributed by atoms with E-state index in [9.17, 15) is 18.0 Å².